The minimum absolute atomic E-state index is 0.101. The number of hydrogen-bond donors (Lipinski definition) is 3. The van der Waals surface area contributed by atoms with E-state index in [4.69, 9.17) is 0 Å². The van der Waals surface area contributed by atoms with Crippen molar-refractivity contribution in [1.29, 1.82) is 0 Å². The maximum absolute atomic E-state index is 11.9. The monoisotopic (exact) mass is 261 g/mol. The van der Waals surface area contributed by atoms with Crippen LogP contribution in [-0.4, -0.2) is 46.4 Å². The summed E-state index contributed by atoms with van der Waals surface area (Å²) >= 11 is 0. The topological polar surface area (TPSA) is 70.2 Å². The van der Waals surface area contributed by atoms with Gasteiger partial charge in [-0.1, -0.05) is 0 Å². The van der Waals surface area contributed by atoms with Gasteiger partial charge in [-0.3, -0.25) is 0 Å². The lowest BCUT2D eigenvalue weighted by molar-refractivity contribution is 0.368. The molecule has 6 heteroatoms. The van der Waals surface area contributed by atoms with Gasteiger partial charge >= 0.3 is 0 Å². The molecule has 2 rings (SSSR count). The standard InChI is InChI=1S/C11H23N3O2S/c15-17(16,14-11-3-6-13-9-11)7-4-10-2-1-5-12-8-10/h10-14H,1-9H2. The van der Waals surface area contributed by atoms with Crippen molar-refractivity contribution in [2.75, 3.05) is 31.9 Å². The second-order valence-corrected chi connectivity index (χ2v) is 7.00. The molecule has 0 aromatic rings. The first-order valence-corrected chi connectivity index (χ1v) is 8.22. The predicted molar refractivity (Wildman–Crippen MR) is 68.4 cm³/mol. The molecule has 2 atom stereocenters. The molecule has 0 saturated carbocycles. The van der Waals surface area contributed by atoms with E-state index in [1.807, 2.05) is 0 Å². The second kappa shape index (κ2) is 6.13. The first-order chi connectivity index (χ1) is 8.16. The van der Waals surface area contributed by atoms with Crippen molar-refractivity contribution in [2.45, 2.75) is 31.7 Å². The molecule has 0 radical (unpaired) electrons. The third-order valence-corrected chi connectivity index (χ3v) is 5.07. The van der Waals surface area contributed by atoms with Gasteiger partial charge in [0.15, 0.2) is 0 Å². The van der Waals surface area contributed by atoms with Crippen LogP contribution in [0.1, 0.15) is 25.7 Å². The second-order valence-electron chi connectivity index (χ2n) is 5.13. The first-order valence-electron chi connectivity index (χ1n) is 6.57. The Hall–Kier alpha value is -0.170. The van der Waals surface area contributed by atoms with E-state index in [-0.39, 0.29) is 11.8 Å². The molecule has 2 unspecified atom stereocenters. The van der Waals surface area contributed by atoms with E-state index in [0.717, 1.165) is 45.4 Å². The largest absolute Gasteiger partial charge is 0.316 e. The summed E-state index contributed by atoms with van der Waals surface area (Å²) in [5, 5.41) is 6.48. The van der Waals surface area contributed by atoms with Crippen molar-refractivity contribution in [3.05, 3.63) is 0 Å². The molecule has 100 valence electrons. The Kier molecular flexibility index (Phi) is 4.78. The van der Waals surface area contributed by atoms with Gasteiger partial charge in [0, 0.05) is 12.6 Å². The average Bonchev–Trinajstić information content (AvgIpc) is 2.80. The van der Waals surface area contributed by atoms with Crippen LogP contribution in [0.4, 0.5) is 0 Å². The molecule has 5 nitrogen and oxygen atoms in total. The van der Waals surface area contributed by atoms with Gasteiger partial charge in [-0.05, 0) is 51.2 Å². The van der Waals surface area contributed by atoms with Gasteiger partial charge in [0.2, 0.25) is 10.0 Å². The zero-order valence-corrected chi connectivity index (χ0v) is 11.1. The molecular formula is C11H23N3O2S. The zero-order valence-electron chi connectivity index (χ0n) is 10.2. The maximum atomic E-state index is 11.9. The Bertz CT molecular complexity index is 320. The predicted octanol–water partition coefficient (Wildman–Crippen LogP) is -0.343. The Labute approximate surface area is 104 Å². The fourth-order valence-electron chi connectivity index (χ4n) is 2.56. The lowest BCUT2D eigenvalue weighted by Crippen LogP contribution is -2.39. The normalized spacial score (nSPS) is 30.6. The highest BCUT2D eigenvalue weighted by atomic mass is 32.2. The lowest BCUT2D eigenvalue weighted by Gasteiger charge is -2.22. The van der Waals surface area contributed by atoms with Gasteiger partial charge in [0.05, 0.1) is 5.75 Å². The van der Waals surface area contributed by atoms with Crippen molar-refractivity contribution in [2.24, 2.45) is 5.92 Å². The molecule has 2 aliphatic rings. The van der Waals surface area contributed by atoms with E-state index >= 15 is 0 Å². The highest BCUT2D eigenvalue weighted by molar-refractivity contribution is 7.89. The van der Waals surface area contributed by atoms with E-state index in [9.17, 15) is 8.42 Å². The fourth-order valence-corrected chi connectivity index (χ4v) is 4.03. The lowest BCUT2D eigenvalue weighted by atomic mass is 9.97. The van der Waals surface area contributed by atoms with Gasteiger partial charge in [0.25, 0.3) is 0 Å². The summed E-state index contributed by atoms with van der Waals surface area (Å²) in [5.74, 6) is 0.803. The smallest absolute Gasteiger partial charge is 0.211 e. The number of nitrogens with one attached hydrogen (secondary N) is 3. The Morgan fingerprint density at radius 3 is 2.59 bits per heavy atom. The molecule has 17 heavy (non-hydrogen) atoms. The minimum Gasteiger partial charge on any atom is -0.316 e. The summed E-state index contributed by atoms with van der Waals surface area (Å²) in [6, 6.07) is 0.101. The molecule has 0 bridgehead atoms. The van der Waals surface area contributed by atoms with E-state index in [0.29, 0.717) is 5.92 Å². The molecular weight excluding hydrogens is 238 g/mol. The number of rotatable bonds is 5. The summed E-state index contributed by atoms with van der Waals surface area (Å²) < 4.78 is 26.5. The molecule has 0 aliphatic carbocycles. The van der Waals surface area contributed by atoms with E-state index in [2.05, 4.69) is 15.4 Å². The maximum Gasteiger partial charge on any atom is 0.211 e. The van der Waals surface area contributed by atoms with Crippen molar-refractivity contribution in [1.82, 2.24) is 15.4 Å². The van der Waals surface area contributed by atoms with Gasteiger partial charge < -0.3 is 10.6 Å². The molecule has 2 heterocycles. The summed E-state index contributed by atoms with van der Waals surface area (Å²) in [6.45, 7) is 3.74. The summed E-state index contributed by atoms with van der Waals surface area (Å²) in [4.78, 5) is 0. The quantitative estimate of drug-likeness (QED) is 0.633. The third kappa shape index (κ3) is 4.54. The molecule has 0 amide bonds. The van der Waals surface area contributed by atoms with Crippen molar-refractivity contribution >= 4 is 10.0 Å². The van der Waals surface area contributed by atoms with Gasteiger partial charge in [-0.15, -0.1) is 0 Å². The van der Waals surface area contributed by atoms with Crippen molar-refractivity contribution in [3.8, 4) is 0 Å². The molecule has 2 fully saturated rings. The van der Waals surface area contributed by atoms with Crippen LogP contribution in [0.25, 0.3) is 0 Å². The summed E-state index contributed by atoms with van der Waals surface area (Å²) in [5.41, 5.74) is 0. The zero-order chi connectivity index (χ0) is 12.1. The molecule has 0 aromatic heterocycles. The van der Waals surface area contributed by atoms with Crippen LogP contribution in [-0.2, 0) is 10.0 Å². The highest BCUT2D eigenvalue weighted by Crippen LogP contribution is 2.15. The Balaban J connectivity index is 1.72. The van der Waals surface area contributed by atoms with Crippen LogP contribution >= 0.6 is 0 Å². The third-order valence-electron chi connectivity index (χ3n) is 3.60. The first kappa shape index (κ1) is 13.3. The minimum atomic E-state index is -3.08. The molecule has 3 N–H and O–H groups in total. The van der Waals surface area contributed by atoms with Crippen molar-refractivity contribution < 1.29 is 8.42 Å². The van der Waals surface area contributed by atoms with E-state index in [1.165, 1.54) is 6.42 Å². The van der Waals surface area contributed by atoms with Crippen LogP contribution in [0.3, 0.4) is 0 Å². The van der Waals surface area contributed by atoms with Gasteiger partial charge in [0.1, 0.15) is 0 Å². The summed E-state index contributed by atoms with van der Waals surface area (Å²) in [6.07, 6.45) is 4.02. The van der Waals surface area contributed by atoms with Crippen molar-refractivity contribution in [3.63, 3.8) is 0 Å². The Morgan fingerprint density at radius 1 is 1.12 bits per heavy atom. The van der Waals surface area contributed by atoms with E-state index in [1.54, 1.807) is 0 Å². The molecule has 0 spiro atoms. The highest BCUT2D eigenvalue weighted by Gasteiger charge is 2.22. The molecule has 0 aromatic carbocycles. The Morgan fingerprint density at radius 2 is 1.94 bits per heavy atom. The van der Waals surface area contributed by atoms with Gasteiger partial charge in [-0.2, -0.15) is 0 Å². The molecule has 2 aliphatic heterocycles. The summed E-state index contributed by atoms with van der Waals surface area (Å²) in [7, 11) is -3.08. The van der Waals surface area contributed by atoms with Crippen LogP contribution in [0.5, 0.6) is 0 Å². The average molecular weight is 261 g/mol. The molecule has 2 saturated heterocycles. The van der Waals surface area contributed by atoms with Crippen LogP contribution in [0.2, 0.25) is 0 Å². The number of hydrogen-bond acceptors (Lipinski definition) is 4. The van der Waals surface area contributed by atoms with Crippen LogP contribution in [0, 0.1) is 5.92 Å². The number of piperidine rings is 1. The fraction of sp³-hybridized carbons (Fsp3) is 1.00. The SMILES string of the molecule is O=S(=O)(CCC1CCCNC1)NC1CCNC1. The van der Waals surface area contributed by atoms with Gasteiger partial charge in [-0.25, -0.2) is 13.1 Å². The van der Waals surface area contributed by atoms with E-state index < -0.39 is 10.0 Å². The van der Waals surface area contributed by atoms with Crippen LogP contribution in [0.15, 0.2) is 0 Å². The number of sulfonamides is 1. The van der Waals surface area contributed by atoms with Crippen LogP contribution < -0.4 is 15.4 Å².